The molecule has 0 bridgehead atoms. The average molecular weight is 215 g/mol. The molecular weight excluding hydrogens is 194 g/mol. The van der Waals surface area contributed by atoms with Crippen molar-refractivity contribution in [3.63, 3.8) is 0 Å². The summed E-state index contributed by atoms with van der Waals surface area (Å²) in [6.45, 7) is 7.61. The van der Waals surface area contributed by atoms with E-state index in [2.05, 4.69) is 5.32 Å². The summed E-state index contributed by atoms with van der Waals surface area (Å²) >= 11 is 0. The van der Waals surface area contributed by atoms with Crippen LogP contribution in [0.15, 0.2) is 0 Å². The number of hydrogen-bond acceptors (Lipinski definition) is 4. The number of nitrogens with one attached hydrogen (secondary N) is 1. The van der Waals surface area contributed by atoms with Gasteiger partial charge in [0.15, 0.2) is 0 Å². The molecule has 4 heteroatoms. The van der Waals surface area contributed by atoms with Crippen molar-refractivity contribution in [3.05, 3.63) is 0 Å². The summed E-state index contributed by atoms with van der Waals surface area (Å²) in [5.41, 5.74) is 0. The van der Waals surface area contributed by atoms with Crippen LogP contribution in [0.5, 0.6) is 0 Å². The zero-order valence-corrected chi connectivity index (χ0v) is 10.0. The summed E-state index contributed by atoms with van der Waals surface area (Å²) in [5.74, 6) is -0.350. The van der Waals surface area contributed by atoms with E-state index in [9.17, 15) is 9.59 Å². The smallest absolute Gasteiger partial charge is 0.307 e. The molecule has 0 radical (unpaired) electrons. The molecular formula is C11H21NO3. The van der Waals surface area contributed by atoms with E-state index in [1.165, 1.54) is 6.92 Å². The second-order valence-corrected chi connectivity index (χ2v) is 3.65. The van der Waals surface area contributed by atoms with E-state index in [1.54, 1.807) is 6.92 Å². The Balaban J connectivity index is 4.16. The molecule has 2 atom stereocenters. The minimum atomic E-state index is -0.418. The molecule has 0 fully saturated rings. The molecule has 0 saturated heterocycles. The zero-order chi connectivity index (χ0) is 11.8. The first-order valence-electron chi connectivity index (χ1n) is 5.43. The topological polar surface area (TPSA) is 55.4 Å². The Bertz CT molecular complexity index is 216. The number of esters is 1. The lowest BCUT2D eigenvalue weighted by molar-refractivity contribution is -0.145. The predicted octanol–water partition coefficient (Wildman–Crippen LogP) is 1.29. The molecule has 0 aliphatic heterocycles. The van der Waals surface area contributed by atoms with Gasteiger partial charge in [-0.05, 0) is 27.2 Å². The van der Waals surface area contributed by atoms with Gasteiger partial charge in [-0.3, -0.25) is 9.59 Å². The minimum Gasteiger partial charge on any atom is -0.466 e. The van der Waals surface area contributed by atoms with Crippen LogP contribution in [0, 0.1) is 0 Å². The van der Waals surface area contributed by atoms with Gasteiger partial charge in [-0.25, -0.2) is 0 Å². The average Bonchev–Trinajstić information content (AvgIpc) is 2.16. The maximum absolute atomic E-state index is 11.3. The number of rotatable bonds is 7. The highest BCUT2D eigenvalue weighted by atomic mass is 16.5. The van der Waals surface area contributed by atoms with E-state index in [4.69, 9.17) is 4.74 Å². The molecule has 0 aliphatic carbocycles. The summed E-state index contributed by atoms with van der Waals surface area (Å²) in [5, 5.41) is 3.11. The van der Waals surface area contributed by atoms with Gasteiger partial charge in [0.05, 0.1) is 19.1 Å². The molecule has 0 spiro atoms. The number of hydrogen-bond donors (Lipinski definition) is 1. The predicted molar refractivity (Wildman–Crippen MR) is 58.6 cm³/mol. The monoisotopic (exact) mass is 215 g/mol. The van der Waals surface area contributed by atoms with Gasteiger partial charge in [0.2, 0.25) is 0 Å². The van der Waals surface area contributed by atoms with Crippen LogP contribution >= 0.6 is 0 Å². The van der Waals surface area contributed by atoms with E-state index in [0.717, 1.165) is 6.42 Å². The van der Waals surface area contributed by atoms with Gasteiger partial charge in [-0.2, -0.15) is 0 Å². The Labute approximate surface area is 91.4 Å². The van der Waals surface area contributed by atoms with Crippen LogP contribution in [-0.2, 0) is 14.3 Å². The SMILES string of the molecule is CCOC(=O)CC(NC(C)CC)C(C)=O. The van der Waals surface area contributed by atoms with Crippen LogP contribution in [0.1, 0.15) is 40.5 Å². The van der Waals surface area contributed by atoms with E-state index in [0.29, 0.717) is 6.61 Å². The molecule has 0 saturated carbocycles. The molecule has 0 aliphatic rings. The van der Waals surface area contributed by atoms with Crippen LogP contribution in [0.3, 0.4) is 0 Å². The van der Waals surface area contributed by atoms with Crippen molar-refractivity contribution >= 4 is 11.8 Å². The van der Waals surface area contributed by atoms with Crippen molar-refractivity contribution in [2.24, 2.45) is 0 Å². The van der Waals surface area contributed by atoms with Crippen molar-refractivity contribution in [1.82, 2.24) is 5.32 Å². The Hall–Kier alpha value is -0.900. The normalized spacial score (nSPS) is 14.4. The summed E-state index contributed by atoms with van der Waals surface area (Å²) in [6, 6.07) is -0.188. The Morgan fingerprint density at radius 2 is 1.93 bits per heavy atom. The third-order valence-electron chi connectivity index (χ3n) is 2.26. The second-order valence-electron chi connectivity index (χ2n) is 3.65. The lowest BCUT2D eigenvalue weighted by Crippen LogP contribution is -2.42. The first-order valence-corrected chi connectivity index (χ1v) is 5.43. The highest BCUT2D eigenvalue weighted by molar-refractivity contribution is 5.86. The van der Waals surface area contributed by atoms with E-state index >= 15 is 0 Å². The highest BCUT2D eigenvalue weighted by Crippen LogP contribution is 2.00. The number of Topliss-reactive ketones (excluding diaryl/α,β-unsaturated/α-hetero) is 1. The van der Waals surface area contributed by atoms with Gasteiger partial charge >= 0.3 is 5.97 Å². The van der Waals surface area contributed by atoms with Gasteiger partial charge in [-0.15, -0.1) is 0 Å². The first-order chi connectivity index (χ1) is 7.01. The van der Waals surface area contributed by atoms with Crippen LogP contribution in [0.4, 0.5) is 0 Å². The molecule has 88 valence electrons. The van der Waals surface area contributed by atoms with Crippen molar-refractivity contribution in [3.8, 4) is 0 Å². The van der Waals surface area contributed by atoms with E-state index in [-0.39, 0.29) is 24.2 Å². The first kappa shape index (κ1) is 14.1. The third kappa shape index (κ3) is 6.23. The van der Waals surface area contributed by atoms with Crippen LogP contribution in [0.2, 0.25) is 0 Å². The Morgan fingerprint density at radius 1 is 1.33 bits per heavy atom. The molecule has 0 aromatic heterocycles. The standard InChI is InChI=1S/C11H21NO3/c1-5-8(3)12-10(9(4)13)7-11(14)15-6-2/h8,10,12H,5-7H2,1-4H3. The Kier molecular flexibility index (Phi) is 6.96. The van der Waals surface area contributed by atoms with Crippen molar-refractivity contribution in [1.29, 1.82) is 0 Å². The largest absolute Gasteiger partial charge is 0.466 e. The third-order valence-corrected chi connectivity index (χ3v) is 2.26. The number of ketones is 1. The maximum Gasteiger partial charge on any atom is 0.307 e. The molecule has 4 nitrogen and oxygen atoms in total. The fraction of sp³-hybridized carbons (Fsp3) is 0.818. The van der Waals surface area contributed by atoms with Crippen molar-refractivity contribution in [2.45, 2.75) is 52.6 Å². The minimum absolute atomic E-state index is 0.0247. The van der Waals surface area contributed by atoms with Gasteiger partial charge in [0, 0.05) is 6.04 Å². The highest BCUT2D eigenvalue weighted by Gasteiger charge is 2.20. The van der Waals surface area contributed by atoms with Crippen molar-refractivity contribution < 1.29 is 14.3 Å². The van der Waals surface area contributed by atoms with Gasteiger partial charge in [0.1, 0.15) is 5.78 Å². The zero-order valence-electron chi connectivity index (χ0n) is 10.0. The summed E-state index contributed by atoms with van der Waals surface area (Å²) in [4.78, 5) is 22.5. The lowest BCUT2D eigenvalue weighted by Gasteiger charge is -2.19. The maximum atomic E-state index is 11.3. The van der Waals surface area contributed by atoms with Crippen LogP contribution in [0.25, 0.3) is 0 Å². The molecule has 2 unspecified atom stereocenters. The number of carbonyl (C=O) groups excluding carboxylic acids is 2. The molecule has 15 heavy (non-hydrogen) atoms. The molecule has 0 rings (SSSR count). The molecule has 0 aromatic carbocycles. The summed E-state index contributed by atoms with van der Waals surface area (Å²) < 4.78 is 4.81. The number of carbonyl (C=O) groups is 2. The number of ether oxygens (including phenoxy) is 1. The van der Waals surface area contributed by atoms with Crippen LogP contribution in [-0.4, -0.2) is 30.4 Å². The van der Waals surface area contributed by atoms with Gasteiger partial charge < -0.3 is 10.1 Å². The van der Waals surface area contributed by atoms with E-state index < -0.39 is 6.04 Å². The lowest BCUT2D eigenvalue weighted by atomic mass is 10.1. The Morgan fingerprint density at radius 3 is 2.33 bits per heavy atom. The van der Waals surface area contributed by atoms with E-state index in [1.807, 2.05) is 13.8 Å². The fourth-order valence-electron chi connectivity index (χ4n) is 1.17. The molecule has 0 aromatic rings. The summed E-state index contributed by atoms with van der Waals surface area (Å²) in [6.07, 6.45) is 1.04. The van der Waals surface area contributed by atoms with Gasteiger partial charge in [-0.1, -0.05) is 6.92 Å². The molecule has 0 heterocycles. The van der Waals surface area contributed by atoms with Gasteiger partial charge in [0.25, 0.3) is 0 Å². The molecule has 0 amide bonds. The quantitative estimate of drug-likeness (QED) is 0.650. The van der Waals surface area contributed by atoms with Crippen molar-refractivity contribution in [2.75, 3.05) is 6.61 Å². The molecule has 1 N–H and O–H groups in total. The fourth-order valence-corrected chi connectivity index (χ4v) is 1.17. The van der Waals surface area contributed by atoms with Crippen LogP contribution < -0.4 is 5.32 Å². The second kappa shape index (κ2) is 7.40. The summed E-state index contributed by atoms with van der Waals surface area (Å²) in [7, 11) is 0.